The van der Waals surface area contributed by atoms with Crippen LogP contribution in [0.1, 0.15) is 56.5 Å². The molecule has 3 saturated heterocycles. The number of nitrogens with one attached hydrogen (secondary N) is 1. The van der Waals surface area contributed by atoms with Gasteiger partial charge in [0.1, 0.15) is 47.3 Å². The summed E-state index contributed by atoms with van der Waals surface area (Å²) in [6.07, 6.45) is -0.0364. The lowest BCUT2D eigenvalue weighted by Gasteiger charge is -2.41. The van der Waals surface area contributed by atoms with Gasteiger partial charge in [-0.25, -0.2) is 37.4 Å². The lowest BCUT2D eigenvalue weighted by Crippen LogP contribution is -2.50. The highest BCUT2D eigenvalue weighted by Crippen LogP contribution is 2.59. The van der Waals surface area contributed by atoms with Crippen molar-refractivity contribution in [1.82, 2.24) is 29.1 Å². The number of benzene rings is 4. The Morgan fingerprint density at radius 3 is 2.07 bits per heavy atom. The number of aliphatic imine (C=N–C) groups is 1. The van der Waals surface area contributed by atoms with Crippen LogP contribution in [0.15, 0.2) is 130 Å². The lowest BCUT2D eigenvalue weighted by atomic mass is 9.80. The quantitative estimate of drug-likeness (QED) is 0.0284. The molecule has 0 aliphatic carbocycles. The molecule has 0 saturated carbocycles. The van der Waals surface area contributed by atoms with Gasteiger partial charge in [-0.15, -0.1) is 0 Å². The molecule has 382 valence electrons. The van der Waals surface area contributed by atoms with Crippen molar-refractivity contribution in [1.29, 1.82) is 0 Å². The van der Waals surface area contributed by atoms with E-state index in [1.54, 1.807) is 55.8 Å². The lowest BCUT2D eigenvalue weighted by molar-refractivity contribution is -0.0928. The third-order valence-corrected chi connectivity index (χ3v) is 22.2. The summed E-state index contributed by atoms with van der Waals surface area (Å²) in [6, 6.07) is 33.8. The molecule has 1 N–H and O–H groups in total. The first-order valence-electron chi connectivity index (χ1n) is 24.1. The van der Waals surface area contributed by atoms with Crippen molar-refractivity contribution in [3.8, 4) is 11.5 Å². The number of hydrogen-bond acceptors (Lipinski definition) is 14. The molecular formula is C52H64N7O10PSSi. The average molecular weight is 1040 g/mol. The molecule has 0 radical (unpaired) electrons. The molecule has 0 bridgehead atoms. The van der Waals surface area contributed by atoms with Crippen molar-refractivity contribution in [2.45, 2.75) is 98.9 Å². The fourth-order valence-corrected chi connectivity index (χ4v) is 14.3. The largest absolute Gasteiger partial charge is 0.497 e. The zero-order valence-corrected chi connectivity index (χ0v) is 44.9. The van der Waals surface area contributed by atoms with Gasteiger partial charge in [-0.1, -0.05) is 93.6 Å². The molecule has 5 heterocycles. The first kappa shape index (κ1) is 51.6. The molecule has 72 heavy (non-hydrogen) atoms. The topological polar surface area (TPSA) is 181 Å². The van der Waals surface area contributed by atoms with Gasteiger partial charge in [0, 0.05) is 26.7 Å². The SMILES string of the molecule is COc1ccc(C(OC[C@H]2O[C@@H](n3c(=O)[nH]c4c(/N=C\N(C)C)ncnc43)[C@H](O[Si](C)(C)C(C)(C)C)[C@@H]2O[P@@]2O[C@H](CS(=O)(=O)c3ccccc3)[C@@H]3CCCN32)(c2ccccc2)c2ccc(OC)cc2)cc1. The summed E-state index contributed by atoms with van der Waals surface area (Å²) in [5.74, 6) is 1.40. The van der Waals surface area contributed by atoms with Crippen molar-refractivity contribution in [3.05, 3.63) is 143 Å². The van der Waals surface area contributed by atoms with Gasteiger partial charge in [-0.2, -0.15) is 0 Å². The maximum absolute atomic E-state index is 14.6. The maximum atomic E-state index is 14.6. The van der Waals surface area contributed by atoms with Gasteiger partial charge in [0.2, 0.25) is 0 Å². The molecule has 4 aromatic carbocycles. The first-order chi connectivity index (χ1) is 34.4. The van der Waals surface area contributed by atoms with E-state index in [1.165, 1.54) is 10.9 Å². The summed E-state index contributed by atoms with van der Waals surface area (Å²) < 4.78 is 79.2. The van der Waals surface area contributed by atoms with Crippen molar-refractivity contribution in [2.75, 3.05) is 47.2 Å². The number of ether oxygens (including phenoxy) is 4. The molecule has 20 heteroatoms. The number of hydrogen-bond donors (Lipinski definition) is 1. The molecule has 0 unspecified atom stereocenters. The molecule has 3 aliphatic heterocycles. The van der Waals surface area contributed by atoms with Crippen molar-refractivity contribution < 1.29 is 40.8 Å². The molecule has 0 spiro atoms. The zero-order chi connectivity index (χ0) is 51.0. The average Bonchev–Trinajstić information content (AvgIpc) is 4.15. The van der Waals surface area contributed by atoms with E-state index in [0.717, 1.165) is 29.5 Å². The number of fused-ring (bicyclic) bond motifs is 2. The normalized spacial score (nSPS) is 23.0. The first-order valence-corrected chi connectivity index (χ1v) is 29.8. The van der Waals surface area contributed by atoms with Crippen LogP contribution in [0.2, 0.25) is 18.1 Å². The second-order valence-corrected chi connectivity index (χ2v) is 28.2. The second kappa shape index (κ2) is 20.9. The second-order valence-electron chi connectivity index (χ2n) is 20.0. The van der Waals surface area contributed by atoms with Crippen molar-refractivity contribution in [2.24, 2.45) is 4.99 Å². The van der Waals surface area contributed by atoms with Gasteiger partial charge >= 0.3 is 5.69 Å². The molecule has 17 nitrogen and oxygen atoms in total. The minimum absolute atomic E-state index is 0.0889. The Bertz CT molecular complexity index is 2960. The number of nitrogens with zero attached hydrogens (tertiary/aromatic N) is 6. The van der Waals surface area contributed by atoms with Gasteiger partial charge in [-0.05, 0) is 84.1 Å². The Kier molecular flexibility index (Phi) is 15.0. The number of H-pyrrole nitrogens is 1. The predicted octanol–water partition coefficient (Wildman–Crippen LogP) is 8.60. The van der Waals surface area contributed by atoms with E-state index < -0.39 is 68.6 Å². The van der Waals surface area contributed by atoms with Crippen LogP contribution in [-0.4, -0.2) is 130 Å². The highest BCUT2D eigenvalue weighted by molar-refractivity contribution is 7.91. The van der Waals surface area contributed by atoms with Crippen LogP contribution in [0.3, 0.4) is 0 Å². The minimum Gasteiger partial charge on any atom is -0.497 e. The van der Waals surface area contributed by atoms with E-state index >= 15 is 0 Å². The fraction of sp³-hybridized carbons (Fsp3) is 0.423. The Balaban J connectivity index is 1.19. The van der Waals surface area contributed by atoms with Crippen molar-refractivity contribution in [3.63, 3.8) is 0 Å². The van der Waals surface area contributed by atoms with E-state index in [9.17, 15) is 13.2 Å². The van der Waals surface area contributed by atoms with Crippen LogP contribution in [0.25, 0.3) is 11.2 Å². The molecule has 3 aliphatic rings. The van der Waals surface area contributed by atoms with Gasteiger partial charge in [-0.3, -0.25) is 0 Å². The standard InChI is InChI=1S/C52H64N7O10PSSi/c1-51(2,3)72(8,9)69-46-45(68-70-58-30-16-21-41(58)43(67-70)32-71(61,62)40-19-14-11-15-20-40)42(66-49(46)59-48-44(56-50(59)60)47(53-33-54-48)55-34-57(4)5)31-65-52(35-17-12-10-13-18-35,36-22-26-38(63-6)27-23-36)37-24-28-39(64-7)29-25-37/h10-15,17-20,22-29,33-34,41-43,45-46,49H,16,21,30-32H2,1-9H3,(H,56,60)/b55-34-/t41-,42+,43+,45+,46+,49+,70+/m0/s1. The van der Waals surface area contributed by atoms with E-state index in [1.807, 2.05) is 93.0 Å². The zero-order valence-electron chi connectivity index (χ0n) is 42.2. The third-order valence-electron chi connectivity index (χ3n) is 14.1. The molecule has 7 atom stereocenters. The number of methoxy groups -OCH3 is 2. The van der Waals surface area contributed by atoms with Gasteiger partial charge in [0.25, 0.3) is 8.53 Å². The monoisotopic (exact) mass is 1040 g/mol. The smallest absolute Gasteiger partial charge is 0.330 e. The number of aromatic nitrogens is 4. The molecule has 3 fully saturated rings. The predicted molar refractivity (Wildman–Crippen MR) is 279 cm³/mol. The Hall–Kier alpha value is -5.34. The van der Waals surface area contributed by atoms with Crippen LogP contribution in [0, 0.1) is 0 Å². The summed E-state index contributed by atoms with van der Waals surface area (Å²) in [5, 5.41) is -0.296. The summed E-state index contributed by atoms with van der Waals surface area (Å²) in [5.41, 5.74) is 1.27. The van der Waals surface area contributed by atoms with Crippen LogP contribution >= 0.6 is 8.53 Å². The van der Waals surface area contributed by atoms with Gasteiger partial charge in [0.15, 0.2) is 35.8 Å². The van der Waals surface area contributed by atoms with Gasteiger partial charge < -0.3 is 42.3 Å². The summed E-state index contributed by atoms with van der Waals surface area (Å²) in [7, 11) is -1.45. The van der Waals surface area contributed by atoms with Crippen LogP contribution in [0.5, 0.6) is 11.5 Å². The third kappa shape index (κ3) is 10.2. The van der Waals surface area contributed by atoms with E-state index in [-0.39, 0.29) is 39.8 Å². The number of aromatic amines is 1. The highest BCUT2D eigenvalue weighted by atomic mass is 32.2. The molecule has 0 amide bonds. The summed E-state index contributed by atoms with van der Waals surface area (Å²) >= 11 is 0. The molecular weight excluding hydrogens is 974 g/mol. The van der Waals surface area contributed by atoms with Crippen LogP contribution < -0.4 is 15.2 Å². The van der Waals surface area contributed by atoms with Crippen LogP contribution in [0.4, 0.5) is 5.82 Å². The fourth-order valence-electron chi connectivity index (χ4n) is 9.41. The Morgan fingerprint density at radius 2 is 1.47 bits per heavy atom. The summed E-state index contributed by atoms with van der Waals surface area (Å²) in [6.45, 7) is 11.3. The number of imidazole rings is 1. The van der Waals surface area contributed by atoms with E-state index in [2.05, 4.69) is 58.5 Å². The Morgan fingerprint density at radius 1 is 0.861 bits per heavy atom. The maximum Gasteiger partial charge on any atom is 0.330 e. The minimum atomic E-state index is -3.73. The highest BCUT2D eigenvalue weighted by Gasteiger charge is 2.57. The Labute approximate surface area is 423 Å². The van der Waals surface area contributed by atoms with Crippen molar-refractivity contribution >= 4 is 50.0 Å². The number of rotatable bonds is 18. The van der Waals surface area contributed by atoms with Crippen LogP contribution in [-0.2, 0) is 38.4 Å². The molecule has 9 rings (SSSR count). The van der Waals surface area contributed by atoms with Gasteiger partial charge in [0.05, 0.1) is 43.9 Å². The molecule has 6 aromatic rings. The molecule has 2 aromatic heterocycles. The van der Waals surface area contributed by atoms with E-state index in [4.69, 9.17) is 32.4 Å². The summed E-state index contributed by atoms with van der Waals surface area (Å²) in [4.78, 5) is 33.2. The number of sulfone groups is 1. The van der Waals surface area contributed by atoms with E-state index in [0.29, 0.717) is 23.6 Å².